The van der Waals surface area contributed by atoms with Gasteiger partial charge in [-0.05, 0) is 32.1 Å². The van der Waals surface area contributed by atoms with Gasteiger partial charge in [-0.3, -0.25) is 9.59 Å². The molecule has 0 N–H and O–H groups in total. The molecule has 0 spiro atoms. The molecule has 0 aromatic heterocycles. The molecule has 3 heteroatoms. The summed E-state index contributed by atoms with van der Waals surface area (Å²) in [4.78, 5) is 23.3. The van der Waals surface area contributed by atoms with Crippen molar-refractivity contribution >= 4 is 11.8 Å². The van der Waals surface area contributed by atoms with Gasteiger partial charge in [-0.2, -0.15) is 0 Å². The fourth-order valence-electron chi connectivity index (χ4n) is 2.10. The van der Waals surface area contributed by atoms with Crippen molar-refractivity contribution in [2.75, 3.05) is 6.61 Å². The van der Waals surface area contributed by atoms with Crippen molar-refractivity contribution in [3.63, 3.8) is 0 Å². The Labute approximate surface area is 124 Å². The highest BCUT2D eigenvalue weighted by atomic mass is 16.5. The molecule has 1 unspecified atom stereocenters. The Bertz CT molecular complexity index is 271. The van der Waals surface area contributed by atoms with E-state index in [2.05, 4.69) is 6.92 Å². The predicted molar refractivity (Wildman–Crippen MR) is 82.6 cm³/mol. The standard InChI is InChI=1S/C17H32O3/c1-5-7-11-15(6-2)17(19)20-13-10-8-9-12-16(18)14(3)4/h14-15H,5-13H2,1-4H3. The maximum atomic E-state index is 11.8. The number of ketones is 1. The summed E-state index contributed by atoms with van der Waals surface area (Å²) in [7, 11) is 0. The van der Waals surface area contributed by atoms with Crippen LogP contribution in [-0.4, -0.2) is 18.4 Å². The molecule has 118 valence electrons. The number of ether oxygens (including phenoxy) is 1. The molecule has 3 nitrogen and oxygen atoms in total. The zero-order valence-electron chi connectivity index (χ0n) is 13.7. The zero-order valence-corrected chi connectivity index (χ0v) is 13.7. The molecule has 0 bridgehead atoms. The van der Waals surface area contributed by atoms with Gasteiger partial charge in [-0.15, -0.1) is 0 Å². The van der Waals surface area contributed by atoms with Crippen LogP contribution < -0.4 is 0 Å². The van der Waals surface area contributed by atoms with E-state index in [1.807, 2.05) is 20.8 Å². The first-order valence-corrected chi connectivity index (χ1v) is 8.22. The van der Waals surface area contributed by atoms with E-state index in [-0.39, 0.29) is 17.8 Å². The summed E-state index contributed by atoms with van der Waals surface area (Å²) in [5.41, 5.74) is 0. The highest BCUT2D eigenvalue weighted by Crippen LogP contribution is 2.15. The van der Waals surface area contributed by atoms with E-state index in [1.54, 1.807) is 0 Å². The first-order valence-electron chi connectivity index (χ1n) is 8.22. The minimum atomic E-state index is -0.0424. The second kappa shape index (κ2) is 11.9. The van der Waals surface area contributed by atoms with E-state index in [9.17, 15) is 9.59 Å². The van der Waals surface area contributed by atoms with E-state index >= 15 is 0 Å². The number of esters is 1. The van der Waals surface area contributed by atoms with Gasteiger partial charge in [0.2, 0.25) is 0 Å². The molecule has 0 aromatic carbocycles. The van der Waals surface area contributed by atoms with Gasteiger partial charge < -0.3 is 4.74 Å². The fourth-order valence-corrected chi connectivity index (χ4v) is 2.10. The Hall–Kier alpha value is -0.860. The fraction of sp³-hybridized carbons (Fsp3) is 0.882. The van der Waals surface area contributed by atoms with Crippen molar-refractivity contribution in [3.8, 4) is 0 Å². The van der Waals surface area contributed by atoms with Crippen LogP contribution in [0.4, 0.5) is 0 Å². The van der Waals surface area contributed by atoms with E-state index in [1.165, 1.54) is 0 Å². The van der Waals surface area contributed by atoms with Crippen LogP contribution in [0.15, 0.2) is 0 Å². The van der Waals surface area contributed by atoms with E-state index in [0.29, 0.717) is 18.8 Å². The molecule has 0 saturated heterocycles. The third-order valence-electron chi connectivity index (χ3n) is 3.69. The molecule has 20 heavy (non-hydrogen) atoms. The average Bonchev–Trinajstić information content (AvgIpc) is 2.42. The van der Waals surface area contributed by atoms with Gasteiger partial charge in [0.05, 0.1) is 12.5 Å². The second-order valence-corrected chi connectivity index (χ2v) is 5.85. The normalized spacial score (nSPS) is 12.4. The van der Waals surface area contributed by atoms with Crippen LogP contribution in [0, 0.1) is 11.8 Å². The Balaban J connectivity index is 3.63. The number of Topliss-reactive ketones (excluding diaryl/α,β-unsaturated/α-hetero) is 1. The van der Waals surface area contributed by atoms with Crippen molar-refractivity contribution in [3.05, 3.63) is 0 Å². The number of hydrogen-bond donors (Lipinski definition) is 0. The molecule has 0 amide bonds. The van der Waals surface area contributed by atoms with Crippen molar-refractivity contribution in [1.29, 1.82) is 0 Å². The Morgan fingerprint density at radius 1 is 1.00 bits per heavy atom. The van der Waals surface area contributed by atoms with Crippen LogP contribution in [0.3, 0.4) is 0 Å². The lowest BCUT2D eigenvalue weighted by Gasteiger charge is -2.13. The van der Waals surface area contributed by atoms with Crippen LogP contribution in [0.2, 0.25) is 0 Å². The largest absolute Gasteiger partial charge is 0.465 e. The number of carbonyl (C=O) groups excluding carboxylic acids is 2. The molecular formula is C17H32O3. The molecule has 1 atom stereocenters. The topological polar surface area (TPSA) is 43.4 Å². The maximum Gasteiger partial charge on any atom is 0.308 e. The van der Waals surface area contributed by atoms with Gasteiger partial charge >= 0.3 is 5.97 Å². The monoisotopic (exact) mass is 284 g/mol. The van der Waals surface area contributed by atoms with E-state index in [0.717, 1.165) is 44.9 Å². The van der Waals surface area contributed by atoms with Gasteiger partial charge in [0.25, 0.3) is 0 Å². The Kier molecular flexibility index (Phi) is 11.4. The molecule has 0 fully saturated rings. The minimum absolute atomic E-state index is 0.0424. The summed E-state index contributed by atoms with van der Waals surface area (Å²) >= 11 is 0. The van der Waals surface area contributed by atoms with E-state index < -0.39 is 0 Å². The SMILES string of the molecule is CCCCC(CC)C(=O)OCCCCCC(=O)C(C)C. The summed E-state index contributed by atoms with van der Waals surface area (Å²) in [5, 5.41) is 0. The summed E-state index contributed by atoms with van der Waals surface area (Å²) in [6.07, 6.45) is 7.38. The number of carbonyl (C=O) groups is 2. The van der Waals surface area contributed by atoms with Gasteiger partial charge in [0, 0.05) is 12.3 Å². The zero-order chi connectivity index (χ0) is 15.4. The Morgan fingerprint density at radius 2 is 1.70 bits per heavy atom. The summed E-state index contributed by atoms with van der Waals surface area (Å²) in [6, 6.07) is 0. The first kappa shape index (κ1) is 19.1. The van der Waals surface area contributed by atoms with Crippen LogP contribution in [0.25, 0.3) is 0 Å². The van der Waals surface area contributed by atoms with Gasteiger partial charge in [-0.1, -0.05) is 40.5 Å². The van der Waals surface area contributed by atoms with Crippen molar-refractivity contribution < 1.29 is 14.3 Å². The highest BCUT2D eigenvalue weighted by Gasteiger charge is 2.16. The molecule has 0 aromatic rings. The summed E-state index contributed by atoms with van der Waals surface area (Å²) < 4.78 is 5.32. The summed E-state index contributed by atoms with van der Waals surface area (Å²) in [5.74, 6) is 0.487. The molecule has 0 rings (SSSR count). The predicted octanol–water partition coefficient (Wildman–Crippen LogP) is 4.53. The second-order valence-electron chi connectivity index (χ2n) is 5.85. The maximum absolute atomic E-state index is 11.8. The molecule has 0 radical (unpaired) electrons. The van der Waals surface area contributed by atoms with E-state index in [4.69, 9.17) is 4.74 Å². The molecular weight excluding hydrogens is 252 g/mol. The lowest BCUT2D eigenvalue weighted by Crippen LogP contribution is -2.17. The van der Waals surface area contributed by atoms with Crippen molar-refractivity contribution in [2.45, 2.75) is 79.1 Å². The highest BCUT2D eigenvalue weighted by molar-refractivity contribution is 5.80. The number of unbranched alkanes of at least 4 members (excludes halogenated alkanes) is 3. The third kappa shape index (κ3) is 9.11. The number of rotatable bonds is 12. The van der Waals surface area contributed by atoms with Gasteiger partial charge in [-0.25, -0.2) is 0 Å². The molecule has 0 aliphatic heterocycles. The van der Waals surface area contributed by atoms with Gasteiger partial charge in [0.15, 0.2) is 0 Å². The molecule has 0 saturated carbocycles. The number of hydrogen-bond acceptors (Lipinski definition) is 3. The van der Waals surface area contributed by atoms with Crippen LogP contribution >= 0.6 is 0 Å². The van der Waals surface area contributed by atoms with Gasteiger partial charge in [0.1, 0.15) is 5.78 Å². The molecule has 0 heterocycles. The Morgan fingerprint density at radius 3 is 2.25 bits per heavy atom. The summed E-state index contributed by atoms with van der Waals surface area (Å²) in [6.45, 7) is 8.55. The molecule has 0 aliphatic carbocycles. The van der Waals surface area contributed by atoms with Crippen molar-refractivity contribution in [1.82, 2.24) is 0 Å². The van der Waals surface area contributed by atoms with Crippen LogP contribution in [0.1, 0.15) is 79.1 Å². The average molecular weight is 284 g/mol. The lowest BCUT2D eigenvalue weighted by atomic mass is 10.00. The molecule has 0 aliphatic rings. The van der Waals surface area contributed by atoms with Crippen molar-refractivity contribution in [2.24, 2.45) is 11.8 Å². The quantitative estimate of drug-likeness (QED) is 0.390. The van der Waals surface area contributed by atoms with Crippen LogP contribution in [0.5, 0.6) is 0 Å². The third-order valence-corrected chi connectivity index (χ3v) is 3.69. The smallest absolute Gasteiger partial charge is 0.308 e. The lowest BCUT2D eigenvalue weighted by molar-refractivity contribution is -0.149. The van der Waals surface area contributed by atoms with Crippen LogP contribution in [-0.2, 0) is 14.3 Å². The minimum Gasteiger partial charge on any atom is -0.465 e. The first-order chi connectivity index (χ1) is 9.52.